The van der Waals surface area contributed by atoms with Crippen LogP contribution in [0.15, 0.2) is 18.2 Å². The second-order valence-corrected chi connectivity index (χ2v) is 4.35. The van der Waals surface area contributed by atoms with Crippen LogP contribution in [-0.2, 0) is 9.59 Å². The number of carbonyl (C=O) groups is 3. The van der Waals surface area contributed by atoms with Crippen molar-refractivity contribution >= 4 is 35.1 Å². The summed E-state index contributed by atoms with van der Waals surface area (Å²) in [6.07, 6.45) is 0. The molecular formula is C11H10ClN3O6. The molecule has 0 aliphatic carbocycles. The molecular weight excluding hydrogens is 306 g/mol. The number of amides is 2. The molecule has 0 fully saturated rings. The number of carboxylic acid groups (broad SMARTS) is 1. The number of nitro benzene ring substituents is 1. The van der Waals surface area contributed by atoms with E-state index >= 15 is 0 Å². The molecule has 0 atom stereocenters. The number of hydrogen-bond acceptors (Lipinski definition) is 5. The molecule has 0 unspecified atom stereocenters. The van der Waals surface area contributed by atoms with E-state index < -0.39 is 35.8 Å². The van der Waals surface area contributed by atoms with Gasteiger partial charge in [0.15, 0.2) is 0 Å². The van der Waals surface area contributed by atoms with Gasteiger partial charge < -0.3 is 15.7 Å². The third-order valence-corrected chi connectivity index (χ3v) is 2.67. The Morgan fingerprint density at radius 2 is 1.95 bits per heavy atom. The highest BCUT2D eigenvalue weighted by atomic mass is 35.5. The molecule has 0 radical (unpaired) electrons. The van der Waals surface area contributed by atoms with E-state index in [1.54, 1.807) is 0 Å². The number of carbonyl (C=O) groups excluding carboxylic acids is 2. The molecule has 1 rings (SSSR count). The first-order chi connectivity index (χ1) is 9.72. The maximum Gasteiger partial charge on any atom is 0.323 e. The zero-order valence-electron chi connectivity index (χ0n) is 10.5. The Morgan fingerprint density at radius 3 is 2.38 bits per heavy atom. The number of rotatable bonds is 6. The van der Waals surface area contributed by atoms with Crippen LogP contribution in [0.2, 0.25) is 5.02 Å². The van der Waals surface area contributed by atoms with Crippen molar-refractivity contribution in [2.24, 2.45) is 5.73 Å². The Morgan fingerprint density at radius 1 is 1.33 bits per heavy atom. The van der Waals surface area contributed by atoms with Crippen LogP contribution in [0.25, 0.3) is 0 Å². The summed E-state index contributed by atoms with van der Waals surface area (Å²) in [5.74, 6) is -3.11. The van der Waals surface area contributed by atoms with E-state index in [0.29, 0.717) is 4.90 Å². The number of primary amides is 1. The average Bonchev–Trinajstić information content (AvgIpc) is 2.35. The molecule has 0 bridgehead atoms. The summed E-state index contributed by atoms with van der Waals surface area (Å²) in [7, 11) is 0. The topological polar surface area (TPSA) is 144 Å². The highest BCUT2D eigenvalue weighted by Gasteiger charge is 2.23. The van der Waals surface area contributed by atoms with Gasteiger partial charge in [-0.05, 0) is 6.07 Å². The average molecular weight is 316 g/mol. The fourth-order valence-electron chi connectivity index (χ4n) is 1.51. The van der Waals surface area contributed by atoms with Crippen LogP contribution < -0.4 is 5.73 Å². The Kier molecular flexibility index (Phi) is 5.19. The minimum absolute atomic E-state index is 0.162. The van der Waals surface area contributed by atoms with Crippen molar-refractivity contribution in [1.82, 2.24) is 4.90 Å². The summed E-state index contributed by atoms with van der Waals surface area (Å²) in [4.78, 5) is 44.2. The third kappa shape index (κ3) is 4.42. The summed E-state index contributed by atoms with van der Waals surface area (Å²) in [6.45, 7) is -1.37. The summed E-state index contributed by atoms with van der Waals surface area (Å²) >= 11 is 5.77. The van der Waals surface area contributed by atoms with Gasteiger partial charge in [-0.1, -0.05) is 11.6 Å². The number of halogens is 1. The van der Waals surface area contributed by atoms with E-state index in [0.717, 1.165) is 18.2 Å². The zero-order chi connectivity index (χ0) is 16.2. The Balaban J connectivity index is 3.11. The lowest BCUT2D eigenvalue weighted by Gasteiger charge is -2.19. The molecule has 3 N–H and O–H groups in total. The number of non-ortho nitro benzene ring substituents is 1. The molecule has 0 saturated carbocycles. The van der Waals surface area contributed by atoms with Crippen LogP contribution in [-0.4, -0.2) is 45.8 Å². The predicted molar refractivity (Wildman–Crippen MR) is 70.8 cm³/mol. The number of nitrogens with two attached hydrogens (primary N) is 1. The van der Waals surface area contributed by atoms with Crippen LogP contribution >= 0.6 is 11.6 Å². The lowest BCUT2D eigenvalue weighted by Crippen LogP contribution is -2.41. The minimum atomic E-state index is -1.34. The smallest absolute Gasteiger partial charge is 0.323 e. The molecule has 0 aromatic heterocycles. The molecule has 0 heterocycles. The van der Waals surface area contributed by atoms with Gasteiger partial charge in [-0.25, -0.2) is 0 Å². The van der Waals surface area contributed by atoms with Crippen LogP contribution in [0.4, 0.5) is 5.69 Å². The molecule has 0 aliphatic heterocycles. The Hall–Kier alpha value is -2.68. The number of nitrogens with zero attached hydrogens (tertiary/aromatic N) is 2. The number of carboxylic acids is 1. The van der Waals surface area contributed by atoms with Crippen LogP contribution in [0.3, 0.4) is 0 Å². The monoisotopic (exact) mass is 315 g/mol. The second-order valence-electron chi connectivity index (χ2n) is 3.94. The van der Waals surface area contributed by atoms with Crippen molar-refractivity contribution in [3.8, 4) is 0 Å². The van der Waals surface area contributed by atoms with Crippen LogP contribution in [0.5, 0.6) is 0 Å². The van der Waals surface area contributed by atoms with Gasteiger partial charge in [0, 0.05) is 12.1 Å². The van der Waals surface area contributed by atoms with Crippen molar-refractivity contribution in [2.75, 3.05) is 13.1 Å². The summed E-state index contributed by atoms with van der Waals surface area (Å²) < 4.78 is 0. The van der Waals surface area contributed by atoms with Crippen LogP contribution in [0.1, 0.15) is 10.4 Å². The second kappa shape index (κ2) is 6.66. The van der Waals surface area contributed by atoms with Crippen molar-refractivity contribution in [3.05, 3.63) is 38.9 Å². The third-order valence-electron chi connectivity index (χ3n) is 2.35. The van der Waals surface area contributed by atoms with Gasteiger partial charge in [-0.3, -0.25) is 24.5 Å². The molecule has 0 spiro atoms. The number of hydrogen-bond donors (Lipinski definition) is 2. The molecule has 0 saturated heterocycles. The molecule has 1 aromatic rings. The van der Waals surface area contributed by atoms with E-state index in [4.69, 9.17) is 22.4 Å². The molecule has 9 nitrogen and oxygen atoms in total. The summed E-state index contributed by atoms with van der Waals surface area (Å²) in [5.41, 5.74) is 4.45. The largest absolute Gasteiger partial charge is 0.480 e. The van der Waals surface area contributed by atoms with Gasteiger partial charge in [0.25, 0.3) is 11.6 Å². The SMILES string of the molecule is NC(=O)CN(CC(=O)O)C(=O)c1ccc([N+](=O)[O-])cc1Cl. The number of nitro groups is 1. The highest BCUT2D eigenvalue weighted by molar-refractivity contribution is 6.34. The maximum absolute atomic E-state index is 12.1. The first-order valence-electron chi connectivity index (χ1n) is 5.45. The zero-order valence-corrected chi connectivity index (χ0v) is 11.2. The van der Waals surface area contributed by atoms with Gasteiger partial charge in [0.05, 0.1) is 15.5 Å². The van der Waals surface area contributed by atoms with E-state index in [2.05, 4.69) is 0 Å². The predicted octanol–water partition coefficient (Wildman–Crippen LogP) is 0.260. The standard InChI is InChI=1S/C11H10ClN3O6/c12-8-3-6(15(20)21)1-2-7(8)11(19)14(4-9(13)16)5-10(17)18/h1-3H,4-5H2,(H2,13,16)(H,17,18). The Labute approximate surface area is 123 Å². The molecule has 21 heavy (non-hydrogen) atoms. The lowest BCUT2D eigenvalue weighted by atomic mass is 10.1. The van der Waals surface area contributed by atoms with E-state index in [-0.39, 0.29) is 16.3 Å². The molecule has 1 aromatic carbocycles. The van der Waals surface area contributed by atoms with Crippen molar-refractivity contribution in [2.45, 2.75) is 0 Å². The number of benzene rings is 1. The van der Waals surface area contributed by atoms with Gasteiger partial charge in [0.2, 0.25) is 5.91 Å². The van der Waals surface area contributed by atoms with Crippen molar-refractivity contribution in [3.63, 3.8) is 0 Å². The van der Waals surface area contributed by atoms with Gasteiger partial charge >= 0.3 is 5.97 Å². The van der Waals surface area contributed by atoms with Crippen LogP contribution in [0, 0.1) is 10.1 Å². The first-order valence-corrected chi connectivity index (χ1v) is 5.83. The molecule has 2 amide bonds. The van der Waals surface area contributed by atoms with Crippen molar-refractivity contribution < 1.29 is 24.4 Å². The first kappa shape index (κ1) is 16.4. The summed E-state index contributed by atoms with van der Waals surface area (Å²) in [5, 5.41) is 19.1. The van der Waals surface area contributed by atoms with E-state index in [1.807, 2.05) is 0 Å². The fourth-order valence-corrected chi connectivity index (χ4v) is 1.77. The van der Waals surface area contributed by atoms with Crippen molar-refractivity contribution in [1.29, 1.82) is 0 Å². The van der Waals surface area contributed by atoms with Gasteiger partial charge in [-0.15, -0.1) is 0 Å². The van der Waals surface area contributed by atoms with E-state index in [1.165, 1.54) is 0 Å². The molecule has 10 heteroatoms. The maximum atomic E-state index is 12.1. The molecule has 112 valence electrons. The molecule has 0 aliphatic rings. The lowest BCUT2D eigenvalue weighted by molar-refractivity contribution is -0.384. The van der Waals surface area contributed by atoms with Gasteiger partial charge in [-0.2, -0.15) is 0 Å². The normalized spacial score (nSPS) is 9.95. The quantitative estimate of drug-likeness (QED) is 0.569. The number of aliphatic carboxylic acids is 1. The minimum Gasteiger partial charge on any atom is -0.480 e. The van der Waals surface area contributed by atoms with Gasteiger partial charge in [0.1, 0.15) is 13.1 Å². The highest BCUT2D eigenvalue weighted by Crippen LogP contribution is 2.23. The Bertz CT molecular complexity index is 602. The fraction of sp³-hybridized carbons (Fsp3) is 0.182. The van der Waals surface area contributed by atoms with E-state index in [9.17, 15) is 24.5 Å². The summed E-state index contributed by atoms with van der Waals surface area (Å²) in [6, 6.07) is 3.08.